The number of hydrogen-bond donors (Lipinski definition) is 1. The maximum absolute atomic E-state index is 17.4. The fraction of sp³-hybridized carbons (Fsp3) is 0.0638. The predicted molar refractivity (Wildman–Crippen MR) is 226 cm³/mol. The van der Waals surface area contributed by atoms with E-state index in [2.05, 4.69) is 0 Å². The first-order chi connectivity index (χ1) is 28.1. The summed E-state index contributed by atoms with van der Waals surface area (Å²) in [6, 6.07) is 56.5. The second-order valence-electron chi connectivity index (χ2n) is 14.1. The van der Waals surface area contributed by atoms with Crippen LogP contribution < -0.4 is 18.7 Å². The molecule has 1 aliphatic rings. The minimum Gasteiger partial charge on any atom is -0.627 e. The molecule has 0 aromatic heterocycles. The molecule has 0 bridgehead atoms. The molecule has 1 aliphatic heterocycles. The summed E-state index contributed by atoms with van der Waals surface area (Å²) in [5.74, 6) is 0. The van der Waals surface area contributed by atoms with E-state index in [1.54, 1.807) is 60.7 Å². The number of halogens is 3. The van der Waals surface area contributed by atoms with Crippen molar-refractivity contribution in [2.24, 2.45) is 0 Å². The third-order valence-electron chi connectivity index (χ3n) is 10.6. The molecule has 1 N–H and O–H groups in total. The molecule has 0 amide bonds. The van der Waals surface area contributed by atoms with E-state index in [1.807, 2.05) is 138 Å². The van der Waals surface area contributed by atoms with Crippen molar-refractivity contribution in [2.45, 2.75) is 17.6 Å². The summed E-state index contributed by atoms with van der Waals surface area (Å²) in [5, 5.41) is 3.15. The largest absolute Gasteiger partial charge is 0.627 e. The normalized spacial score (nSPS) is 14.1. The molecule has 11 heteroatoms. The van der Waals surface area contributed by atoms with Gasteiger partial charge in [-0.15, -0.1) is 0 Å². The molecule has 9 rings (SSSR count). The van der Waals surface area contributed by atoms with Crippen LogP contribution in [0.25, 0.3) is 32.7 Å². The first kappa shape index (κ1) is 37.5. The fourth-order valence-electron chi connectivity index (χ4n) is 8.20. The summed E-state index contributed by atoms with van der Waals surface area (Å²) in [6.07, 6.45) is 0. The number of benzene rings is 8. The SMILES string of the molecule is O=S(=O)(N[P+]1([O-])N(C(c2ccccc2)c2ccccc2)c2ccc3ccccc3c2-c2c(ccc3ccccc23)N1C(c1ccccc1)c1ccccc1)C(F)(F)F. The number of anilines is 2. The Morgan fingerprint density at radius 1 is 0.466 bits per heavy atom. The van der Waals surface area contributed by atoms with Crippen LogP contribution in [0.4, 0.5) is 24.5 Å². The summed E-state index contributed by atoms with van der Waals surface area (Å²) in [5.41, 5.74) is -1.77. The first-order valence-electron chi connectivity index (χ1n) is 18.6. The van der Waals surface area contributed by atoms with Crippen LogP contribution in [-0.4, -0.2) is 13.9 Å². The minimum atomic E-state index is -6.32. The van der Waals surface area contributed by atoms with Gasteiger partial charge in [0.15, 0.2) is 0 Å². The van der Waals surface area contributed by atoms with E-state index in [4.69, 9.17) is 0 Å². The average Bonchev–Trinajstić information content (AvgIpc) is 3.33. The topological polar surface area (TPSA) is 75.7 Å². The van der Waals surface area contributed by atoms with E-state index < -0.39 is 35.6 Å². The second-order valence-corrected chi connectivity index (χ2v) is 18.2. The van der Waals surface area contributed by atoms with E-state index in [0.717, 1.165) is 21.5 Å². The van der Waals surface area contributed by atoms with Crippen LogP contribution in [0.5, 0.6) is 0 Å². The summed E-state index contributed by atoms with van der Waals surface area (Å²) in [4.78, 5) is 17.4. The average molecular weight is 810 g/mol. The lowest BCUT2D eigenvalue weighted by Gasteiger charge is -2.51. The van der Waals surface area contributed by atoms with Crippen LogP contribution >= 0.6 is 7.94 Å². The molecule has 0 saturated carbocycles. The van der Waals surface area contributed by atoms with Gasteiger partial charge in [0.05, 0.1) is 11.4 Å². The zero-order chi connectivity index (χ0) is 40.1. The van der Waals surface area contributed by atoms with E-state index in [9.17, 15) is 8.42 Å². The Hall–Kier alpha value is -6.03. The number of sulfonamides is 1. The number of nitrogens with one attached hydrogen (secondary N) is 1. The molecule has 0 unspecified atom stereocenters. The second kappa shape index (κ2) is 14.7. The number of fused-ring (bicyclic) bond motifs is 7. The van der Waals surface area contributed by atoms with Gasteiger partial charge in [-0.3, -0.25) is 0 Å². The highest BCUT2D eigenvalue weighted by molar-refractivity contribution is 7.98. The molecule has 58 heavy (non-hydrogen) atoms. The minimum absolute atomic E-state index is 0.282. The molecular weight excluding hydrogens is 775 g/mol. The van der Waals surface area contributed by atoms with Gasteiger partial charge in [0.25, 0.3) is 0 Å². The molecule has 0 spiro atoms. The van der Waals surface area contributed by atoms with Crippen LogP contribution in [0.1, 0.15) is 34.3 Å². The highest BCUT2D eigenvalue weighted by Crippen LogP contribution is 2.70. The monoisotopic (exact) mass is 809 g/mol. The molecule has 8 aromatic rings. The van der Waals surface area contributed by atoms with Crippen molar-refractivity contribution < 1.29 is 26.5 Å². The third-order valence-corrected chi connectivity index (χ3v) is 15.2. The first-order valence-corrected chi connectivity index (χ1v) is 21.7. The van der Waals surface area contributed by atoms with Gasteiger partial charge in [0.1, 0.15) is 12.1 Å². The Bertz CT molecular complexity index is 2620. The van der Waals surface area contributed by atoms with Crippen molar-refractivity contribution in [3.8, 4) is 11.1 Å². The quantitative estimate of drug-likeness (QED) is 0.155. The molecule has 0 atom stereocenters. The maximum Gasteiger partial charge on any atom is 0.514 e. The summed E-state index contributed by atoms with van der Waals surface area (Å²) >= 11 is 0. The van der Waals surface area contributed by atoms with E-state index in [1.165, 1.54) is 9.34 Å². The molecular formula is C47H35F3N3O3PS. The number of rotatable bonds is 8. The van der Waals surface area contributed by atoms with Crippen molar-refractivity contribution >= 4 is 50.9 Å². The Kier molecular flexibility index (Phi) is 9.53. The molecule has 0 radical (unpaired) electrons. The van der Waals surface area contributed by atoms with Crippen molar-refractivity contribution in [3.63, 3.8) is 0 Å². The van der Waals surface area contributed by atoms with Crippen LogP contribution in [0, 0.1) is 0 Å². The van der Waals surface area contributed by atoms with E-state index in [-0.39, 0.29) is 11.4 Å². The van der Waals surface area contributed by atoms with Gasteiger partial charge in [-0.2, -0.15) is 21.6 Å². The zero-order valence-corrected chi connectivity index (χ0v) is 32.4. The van der Waals surface area contributed by atoms with Crippen LogP contribution in [0.2, 0.25) is 0 Å². The highest BCUT2D eigenvalue weighted by atomic mass is 32.2. The smallest absolute Gasteiger partial charge is 0.514 e. The van der Waals surface area contributed by atoms with Crippen molar-refractivity contribution in [1.29, 1.82) is 0 Å². The van der Waals surface area contributed by atoms with Crippen LogP contribution in [0.3, 0.4) is 0 Å². The zero-order valence-electron chi connectivity index (χ0n) is 30.7. The molecule has 1 heterocycles. The van der Waals surface area contributed by atoms with Crippen molar-refractivity contribution in [1.82, 2.24) is 4.49 Å². The lowest BCUT2D eigenvalue weighted by molar-refractivity contribution is -0.174. The third kappa shape index (κ3) is 6.39. The Labute approximate surface area is 335 Å². The molecule has 0 fully saturated rings. The van der Waals surface area contributed by atoms with Gasteiger partial charge in [0, 0.05) is 11.1 Å². The Balaban J connectivity index is 1.54. The lowest BCUT2D eigenvalue weighted by Crippen LogP contribution is -2.55. The number of nitrogens with zero attached hydrogens (tertiary/aromatic N) is 2. The maximum atomic E-state index is 17.4. The molecule has 288 valence electrons. The summed E-state index contributed by atoms with van der Waals surface area (Å²) in [6.45, 7) is 0. The van der Waals surface area contributed by atoms with Gasteiger partial charge in [0.2, 0.25) is 7.94 Å². The standard InChI is InChI=1S/C47H35F3N3O3PS/c48-47(49,50)58(55,56)51-57(54)52(45(35-19-5-1-6-20-35)36-21-7-2-8-22-36)41-31-29-33-17-13-15-27-39(33)43(41)44-40-28-16-14-18-34(40)30-32-42(44)53(57)46(37-23-9-3-10-24-37)38-25-11-4-12-26-38/h1-32,45-46H,(H,51,54). The van der Waals surface area contributed by atoms with Gasteiger partial charge in [-0.1, -0.05) is 182 Å². The number of hydrogen-bond acceptors (Lipinski definition) is 5. The fourth-order valence-corrected chi connectivity index (χ4v) is 12.9. The Morgan fingerprint density at radius 3 is 1.10 bits per heavy atom. The van der Waals surface area contributed by atoms with Crippen LogP contribution in [-0.2, 0) is 10.0 Å². The van der Waals surface area contributed by atoms with Crippen molar-refractivity contribution in [2.75, 3.05) is 9.34 Å². The van der Waals surface area contributed by atoms with Crippen LogP contribution in [0.15, 0.2) is 194 Å². The Morgan fingerprint density at radius 2 is 0.776 bits per heavy atom. The predicted octanol–water partition coefficient (Wildman–Crippen LogP) is 11.3. The summed E-state index contributed by atoms with van der Waals surface area (Å²) in [7, 11) is -11.7. The summed E-state index contributed by atoms with van der Waals surface area (Å²) < 4.78 is 77.6. The van der Waals surface area contributed by atoms with Gasteiger partial charge in [-0.25, -0.2) is 9.34 Å². The van der Waals surface area contributed by atoms with Gasteiger partial charge >= 0.3 is 15.5 Å². The van der Waals surface area contributed by atoms with Crippen molar-refractivity contribution in [3.05, 3.63) is 216 Å². The molecule has 6 nitrogen and oxygen atoms in total. The van der Waals surface area contributed by atoms with E-state index in [0.29, 0.717) is 33.4 Å². The molecule has 0 aliphatic carbocycles. The number of alkyl halides is 3. The van der Waals surface area contributed by atoms with E-state index >= 15 is 18.1 Å². The van der Waals surface area contributed by atoms with Gasteiger partial charge in [-0.05, 0) is 60.4 Å². The van der Waals surface area contributed by atoms with Gasteiger partial charge < -0.3 is 4.89 Å². The molecule has 0 saturated heterocycles. The highest BCUT2D eigenvalue weighted by Gasteiger charge is 2.60. The molecule has 8 aromatic carbocycles. The lowest BCUT2D eigenvalue weighted by atomic mass is 9.89.